The summed E-state index contributed by atoms with van der Waals surface area (Å²) in [6.45, 7) is 3.37. The summed E-state index contributed by atoms with van der Waals surface area (Å²) >= 11 is 1.92. The maximum Gasteiger partial charge on any atom is 0.00720 e. The molecule has 0 spiro atoms. The van der Waals surface area contributed by atoms with Crippen LogP contribution >= 0.6 is 11.8 Å². The highest BCUT2D eigenvalue weighted by Crippen LogP contribution is 2.43. The number of benzene rings is 1. The van der Waals surface area contributed by atoms with E-state index in [0.29, 0.717) is 5.41 Å². The highest BCUT2D eigenvalue weighted by atomic mass is 32.2. The number of hydrogen-bond donors (Lipinski definition) is 1. The first-order chi connectivity index (χ1) is 8.28. The first-order valence-electron chi connectivity index (χ1n) is 6.64. The maximum atomic E-state index is 3.36. The van der Waals surface area contributed by atoms with Crippen molar-refractivity contribution in [3.05, 3.63) is 29.8 Å². The van der Waals surface area contributed by atoms with Crippen LogP contribution in [0.25, 0.3) is 0 Å². The van der Waals surface area contributed by atoms with E-state index in [9.17, 15) is 0 Å². The van der Waals surface area contributed by atoms with Crippen molar-refractivity contribution in [1.29, 1.82) is 0 Å². The molecule has 1 fully saturated rings. The van der Waals surface area contributed by atoms with Gasteiger partial charge in [-0.2, -0.15) is 0 Å². The lowest BCUT2D eigenvalue weighted by Crippen LogP contribution is -2.40. The van der Waals surface area contributed by atoms with Crippen molar-refractivity contribution in [1.82, 2.24) is 5.32 Å². The van der Waals surface area contributed by atoms with Crippen LogP contribution < -0.4 is 5.32 Å². The Labute approximate surface area is 109 Å². The fraction of sp³-hybridized carbons (Fsp3) is 0.600. The molecule has 0 amide bonds. The topological polar surface area (TPSA) is 12.0 Å². The first-order valence-corrected chi connectivity index (χ1v) is 7.63. The molecule has 0 unspecified atom stereocenters. The summed E-state index contributed by atoms with van der Waals surface area (Å²) in [6.07, 6.45) is 5.43. The largest absolute Gasteiger partial charge is 0.319 e. The van der Waals surface area contributed by atoms with Gasteiger partial charge in [0.2, 0.25) is 0 Å². The van der Waals surface area contributed by atoms with Crippen LogP contribution in [0, 0.1) is 5.41 Å². The van der Waals surface area contributed by atoms with Crippen LogP contribution in [0.2, 0.25) is 0 Å². The molecule has 17 heavy (non-hydrogen) atoms. The Morgan fingerprint density at radius 2 is 1.94 bits per heavy atom. The van der Waals surface area contributed by atoms with E-state index in [2.05, 4.69) is 43.6 Å². The molecule has 1 N–H and O–H groups in total. The van der Waals surface area contributed by atoms with Gasteiger partial charge in [-0.25, -0.2) is 0 Å². The van der Waals surface area contributed by atoms with Gasteiger partial charge in [0.1, 0.15) is 0 Å². The predicted molar refractivity (Wildman–Crippen MR) is 76.8 cm³/mol. The van der Waals surface area contributed by atoms with Crippen LogP contribution in [-0.2, 0) is 6.42 Å². The summed E-state index contributed by atoms with van der Waals surface area (Å²) in [5.74, 6) is 1.16. The lowest BCUT2D eigenvalue weighted by molar-refractivity contribution is 0.133. The molecule has 0 saturated heterocycles. The highest BCUT2D eigenvalue weighted by Gasteiger charge is 2.35. The number of hydrogen-bond acceptors (Lipinski definition) is 2. The molecule has 1 aromatic rings. The maximum absolute atomic E-state index is 3.36. The molecule has 1 aromatic carbocycles. The smallest absolute Gasteiger partial charge is 0.00720 e. The van der Waals surface area contributed by atoms with Crippen LogP contribution in [0.3, 0.4) is 0 Å². The number of nitrogens with one attached hydrogen (secondary N) is 1. The van der Waals surface area contributed by atoms with Gasteiger partial charge < -0.3 is 5.32 Å². The third-order valence-electron chi connectivity index (χ3n) is 3.78. The fourth-order valence-electron chi connectivity index (χ4n) is 2.77. The lowest BCUT2D eigenvalue weighted by Gasteiger charge is -2.42. The summed E-state index contributed by atoms with van der Waals surface area (Å²) < 4.78 is 0. The number of thioether (sulfide) groups is 1. The Morgan fingerprint density at radius 3 is 2.41 bits per heavy atom. The molecule has 0 atom stereocenters. The van der Waals surface area contributed by atoms with E-state index in [1.165, 1.54) is 42.7 Å². The second-order valence-electron chi connectivity index (χ2n) is 5.14. The minimum absolute atomic E-state index is 0.550. The third kappa shape index (κ3) is 3.26. The van der Waals surface area contributed by atoms with Gasteiger partial charge in [0, 0.05) is 11.4 Å². The van der Waals surface area contributed by atoms with Crippen molar-refractivity contribution in [2.45, 2.75) is 37.5 Å². The molecule has 94 valence electrons. The summed E-state index contributed by atoms with van der Waals surface area (Å²) in [5.41, 5.74) is 2.05. The van der Waals surface area contributed by atoms with Crippen molar-refractivity contribution in [3.63, 3.8) is 0 Å². The van der Waals surface area contributed by atoms with Gasteiger partial charge in [-0.15, -0.1) is 11.8 Å². The third-order valence-corrected chi connectivity index (χ3v) is 4.67. The molecule has 0 bridgehead atoms. The lowest BCUT2D eigenvalue weighted by atomic mass is 9.65. The fourth-order valence-corrected chi connectivity index (χ4v) is 3.43. The predicted octanol–water partition coefficient (Wildman–Crippen LogP) is 3.73. The summed E-state index contributed by atoms with van der Waals surface area (Å²) in [6, 6.07) is 9.17. The quantitative estimate of drug-likeness (QED) is 0.771. The summed E-state index contributed by atoms with van der Waals surface area (Å²) in [4.78, 5) is 1.40. The molecule has 1 nitrogen and oxygen atoms in total. The Morgan fingerprint density at radius 1 is 1.24 bits per heavy atom. The van der Waals surface area contributed by atoms with E-state index < -0.39 is 0 Å². The second-order valence-corrected chi connectivity index (χ2v) is 6.48. The molecule has 0 aliphatic heterocycles. The normalized spacial score (nSPS) is 17.8. The Kier molecular flexibility index (Phi) is 4.52. The van der Waals surface area contributed by atoms with Crippen molar-refractivity contribution in [2.75, 3.05) is 19.3 Å². The Hall–Kier alpha value is -0.470. The molecular weight excluding hydrogens is 226 g/mol. The minimum atomic E-state index is 0.550. The monoisotopic (exact) mass is 249 g/mol. The van der Waals surface area contributed by atoms with Gasteiger partial charge in [-0.3, -0.25) is 0 Å². The van der Waals surface area contributed by atoms with Crippen molar-refractivity contribution < 1.29 is 0 Å². The molecule has 0 heterocycles. The molecular formula is C15H23NS. The van der Waals surface area contributed by atoms with E-state index in [1.807, 2.05) is 11.8 Å². The van der Waals surface area contributed by atoms with Gasteiger partial charge >= 0.3 is 0 Å². The van der Waals surface area contributed by atoms with E-state index >= 15 is 0 Å². The Balaban J connectivity index is 1.98. The molecule has 0 aromatic heterocycles. The van der Waals surface area contributed by atoms with E-state index in [-0.39, 0.29) is 0 Å². The van der Waals surface area contributed by atoms with Gasteiger partial charge in [-0.1, -0.05) is 25.5 Å². The van der Waals surface area contributed by atoms with Crippen molar-refractivity contribution >= 4 is 11.8 Å². The first kappa shape index (κ1) is 13.0. The average molecular weight is 249 g/mol. The van der Waals surface area contributed by atoms with Crippen molar-refractivity contribution in [2.24, 2.45) is 5.41 Å². The van der Waals surface area contributed by atoms with Gasteiger partial charge in [-0.05, 0) is 55.2 Å². The van der Waals surface area contributed by atoms with Crippen LogP contribution in [0.4, 0.5) is 0 Å². The molecule has 2 heteroatoms. The Bertz CT molecular complexity index is 340. The minimum Gasteiger partial charge on any atom is -0.319 e. The van der Waals surface area contributed by atoms with E-state index in [4.69, 9.17) is 0 Å². The van der Waals surface area contributed by atoms with Gasteiger partial charge in [0.25, 0.3) is 0 Å². The second kappa shape index (κ2) is 5.92. The van der Waals surface area contributed by atoms with Crippen LogP contribution in [-0.4, -0.2) is 19.3 Å². The van der Waals surface area contributed by atoms with Crippen molar-refractivity contribution in [3.8, 4) is 0 Å². The summed E-state index contributed by atoms with van der Waals surface area (Å²) in [5, 5.41) is 3.36. The molecule has 0 radical (unpaired) electrons. The van der Waals surface area contributed by atoms with E-state index in [1.54, 1.807) is 0 Å². The van der Waals surface area contributed by atoms with E-state index in [0.717, 1.165) is 5.75 Å². The van der Waals surface area contributed by atoms with Crippen LogP contribution in [0.1, 0.15) is 31.7 Å². The van der Waals surface area contributed by atoms with Crippen LogP contribution in [0.5, 0.6) is 0 Å². The molecule has 1 aliphatic rings. The molecule has 1 saturated carbocycles. The SMILES string of the molecule is CCSc1ccc(CC2(CNC)CCC2)cc1. The highest BCUT2D eigenvalue weighted by molar-refractivity contribution is 7.99. The van der Waals surface area contributed by atoms with Crippen LogP contribution in [0.15, 0.2) is 29.2 Å². The number of rotatable bonds is 6. The summed E-state index contributed by atoms with van der Waals surface area (Å²) in [7, 11) is 2.07. The molecule has 2 rings (SSSR count). The zero-order chi connectivity index (χ0) is 12.1. The standard InChI is InChI=1S/C15H23NS/c1-3-17-14-7-5-13(6-8-14)11-15(12-16-2)9-4-10-15/h5-8,16H,3-4,9-12H2,1-2H3. The van der Waals surface area contributed by atoms with Gasteiger partial charge in [0.15, 0.2) is 0 Å². The van der Waals surface area contributed by atoms with Gasteiger partial charge in [0.05, 0.1) is 0 Å². The molecule has 1 aliphatic carbocycles. The average Bonchev–Trinajstić information content (AvgIpc) is 2.29. The zero-order valence-electron chi connectivity index (χ0n) is 11.0. The zero-order valence-corrected chi connectivity index (χ0v) is 11.8.